The largest absolute Gasteiger partial charge is 0.756 e. The number of nitrogens with one attached hydrogen (secondary N) is 1. The second-order valence-corrected chi connectivity index (χ2v) is 22.5. The van der Waals surface area contributed by atoms with Crippen LogP contribution in [0.15, 0.2) is 83.0 Å². The summed E-state index contributed by atoms with van der Waals surface area (Å²) in [5, 5.41) is 0. The maximum absolute atomic E-state index is 16.5. The third kappa shape index (κ3) is 13.6. The number of carbonyl (C=O) groups is 1. The lowest BCUT2D eigenvalue weighted by Crippen LogP contribution is -2.38. The number of phosphoric ester groups is 1. The van der Waals surface area contributed by atoms with Crippen molar-refractivity contribution in [3.63, 3.8) is 0 Å². The van der Waals surface area contributed by atoms with Crippen LogP contribution in [0, 0.1) is 0 Å². The van der Waals surface area contributed by atoms with Crippen LogP contribution in [0.5, 0.6) is 11.5 Å². The number of imidazole rings is 1. The van der Waals surface area contributed by atoms with Crippen LogP contribution in [0.1, 0.15) is 99.5 Å². The van der Waals surface area contributed by atoms with Crippen LogP contribution in [0.4, 0.5) is 14.6 Å². The Morgan fingerprint density at radius 2 is 1.43 bits per heavy atom. The Morgan fingerprint density at radius 1 is 0.819 bits per heavy atom. The summed E-state index contributed by atoms with van der Waals surface area (Å²) in [6.45, 7) is -3.72. The summed E-state index contributed by atoms with van der Waals surface area (Å²) in [7, 11) is -5.49. The number of carbonyl (C=O) groups excluding carboxylic acids is 1. The highest BCUT2D eigenvalue weighted by molar-refractivity contribution is 8.54. The molecule has 5 aromatic rings. The first-order valence-corrected chi connectivity index (χ1v) is 27.9. The number of rotatable bonds is 19. The number of ether oxygens (including phenoxy) is 4. The summed E-state index contributed by atoms with van der Waals surface area (Å²) < 4.78 is 108. The summed E-state index contributed by atoms with van der Waals surface area (Å²) in [6, 6.07) is 13.7. The molecule has 2 unspecified atom stereocenters. The van der Waals surface area contributed by atoms with Crippen LogP contribution in [-0.2, 0) is 42.5 Å². The van der Waals surface area contributed by atoms with Crippen molar-refractivity contribution >= 4 is 49.0 Å². The molecule has 0 amide bonds. The van der Waals surface area contributed by atoms with E-state index in [-0.39, 0.29) is 34.6 Å². The molecule has 6 heterocycles. The first-order valence-electron chi connectivity index (χ1n) is 23.3. The molecule has 392 valence electrons. The van der Waals surface area contributed by atoms with E-state index < -0.39 is 94.3 Å². The molecule has 0 radical (unpaired) electrons. The molecule has 22 nitrogen and oxygen atoms in total. The molecule has 7 N–H and O–H groups in total. The zero-order valence-electron chi connectivity index (χ0n) is 39.5. The molecule has 8 rings (SSSR count). The third-order valence-corrected chi connectivity index (χ3v) is 16.6. The Morgan fingerprint density at radius 3 is 2.10 bits per heavy atom. The first kappa shape index (κ1) is 54.9. The molecule has 3 aliphatic rings. The van der Waals surface area contributed by atoms with E-state index in [1.807, 2.05) is 4.98 Å². The zero-order chi connectivity index (χ0) is 50.1. The van der Waals surface area contributed by atoms with Crippen LogP contribution in [-0.4, -0.2) is 91.6 Å². The molecular weight excluding hydrogens is 1010 g/mol. The van der Waals surface area contributed by atoms with E-state index in [9.17, 15) is 28.4 Å². The monoisotopic (exact) mass is 1070 g/mol. The Kier molecular flexibility index (Phi) is 19.0. The molecule has 0 saturated carbocycles. The van der Waals surface area contributed by atoms with Gasteiger partial charge in [-0.3, -0.25) is 32.5 Å². The number of esters is 1. The van der Waals surface area contributed by atoms with Gasteiger partial charge in [0.1, 0.15) is 47.8 Å². The van der Waals surface area contributed by atoms with Gasteiger partial charge in [-0.05, 0) is 59.8 Å². The molecule has 2 aromatic carbocycles. The van der Waals surface area contributed by atoms with E-state index in [1.54, 1.807) is 36.4 Å². The van der Waals surface area contributed by atoms with E-state index >= 15 is 8.78 Å². The SMILES string of the molecule is CCCCCCCCCCCCOc1ccc(C(=O)Oc2ccc(CSP3(=O)OC[C@H]4O[C@@H](n5cnc6c(N)ncnc65)[C@H](F)[C@@H]4OP(=O)([O-])OC[C@H]4O[C@@H](n5ccc(=O)[nH]c5=O)[C@H](F)[C@@H]4O3)cc2)cc1.[NH4+]. The van der Waals surface area contributed by atoms with Gasteiger partial charge in [0.2, 0.25) is 0 Å². The smallest absolute Gasteiger partial charge is 0.389 e. The fraction of sp³-hybridized carbons (Fsp3) is 0.511. The third-order valence-electron chi connectivity index (χ3n) is 12.0. The van der Waals surface area contributed by atoms with E-state index in [0.29, 0.717) is 39.4 Å². The number of halogens is 2. The summed E-state index contributed by atoms with van der Waals surface area (Å²) >= 11 is 0.585. The topological polar surface area (TPSA) is 309 Å². The minimum absolute atomic E-state index is 0. The number of anilines is 1. The Balaban J connectivity index is 0.00000760. The highest BCUT2D eigenvalue weighted by Crippen LogP contribution is 2.64. The number of H-pyrrole nitrogens is 1. The molecule has 0 aliphatic carbocycles. The number of quaternary nitrogens is 1. The quantitative estimate of drug-likeness (QED) is 0.0309. The van der Waals surface area contributed by atoms with Gasteiger partial charge in [-0.15, -0.1) is 0 Å². The van der Waals surface area contributed by atoms with E-state index in [4.69, 9.17) is 42.8 Å². The molecule has 0 bridgehead atoms. The normalized spacial score (nSPS) is 27.5. The van der Waals surface area contributed by atoms with Gasteiger partial charge in [0.25, 0.3) is 13.4 Å². The maximum Gasteiger partial charge on any atom is 0.389 e. The number of phosphoric acid groups is 1. The lowest BCUT2D eigenvalue weighted by molar-refractivity contribution is -0.235. The van der Waals surface area contributed by atoms with Crippen molar-refractivity contribution in [3.05, 3.63) is 105 Å². The predicted molar refractivity (Wildman–Crippen MR) is 258 cm³/mol. The van der Waals surface area contributed by atoms with Crippen molar-refractivity contribution in [1.29, 1.82) is 0 Å². The van der Waals surface area contributed by atoms with Crippen LogP contribution in [0.25, 0.3) is 11.2 Å². The van der Waals surface area contributed by atoms with Crippen LogP contribution >= 0.6 is 26.0 Å². The molecule has 3 aliphatic heterocycles. The second-order valence-electron chi connectivity index (χ2n) is 17.1. The number of aromatic amines is 1. The molecule has 3 fully saturated rings. The molecular formula is C45H58F2N8O14P2S. The number of hydrogen-bond acceptors (Lipinski definition) is 19. The van der Waals surface area contributed by atoms with Crippen molar-refractivity contribution in [2.45, 2.75) is 126 Å². The number of fused-ring (bicyclic) bond motifs is 3. The Bertz CT molecular complexity index is 2810. The van der Waals surface area contributed by atoms with E-state index in [1.165, 1.54) is 63.5 Å². The molecule has 72 heavy (non-hydrogen) atoms. The number of hydrogen-bond donors (Lipinski definition) is 3. The van der Waals surface area contributed by atoms with Crippen molar-refractivity contribution in [2.24, 2.45) is 0 Å². The lowest BCUT2D eigenvalue weighted by Gasteiger charge is -2.32. The van der Waals surface area contributed by atoms with Crippen LogP contribution in [0.3, 0.4) is 0 Å². The Hall–Kier alpha value is -4.91. The van der Waals surface area contributed by atoms with E-state index in [0.717, 1.165) is 42.3 Å². The lowest BCUT2D eigenvalue weighted by atomic mass is 10.1. The minimum atomic E-state index is -5.49. The number of aromatic nitrogens is 6. The van der Waals surface area contributed by atoms with Gasteiger partial charge < -0.3 is 44.8 Å². The summed E-state index contributed by atoms with van der Waals surface area (Å²) in [6.07, 6.45) is 0.139. The fourth-order valence-corrected chi connectivity index (χ4v) is 12.6. The average molecular weight is 1070 g/mol. The summed E-state index contributed by atoms with van der Waals surface area (Å²) in [4.78, 5) is 64.9. The van der Waals surface area contributed by atoms with Crippen LogP contribution in [0.2, 0.25) is 0 Å². The van der Waals surface area contributed by atoms with Gasteiger partial charge in [-0.1, -0.05) is 76.8 Å². The number of alkyl halides is 2. The van der Waals surface area contributed by atoms with Crippen molar-refractivity contribution < 1.29 is 64.6 Å². The second kappa shape index (κ2) is 24.9. The number of nitrogens with two attached hydrogens (primary N) is 1. The fourth-order valence-electron chi connectivity index (χ4n) is 8.24. The van der Waals surface area contributed by atoms with Gasteiger partial charge in [0.05, 0.1) is 31.7 Å². The number of nitrogens with zero attached hydrogens (tertiary/aromatic N) is 5. The highest BCUT2D eigenvalue weighted by atomic mass is 32.7. The van der Waals surface area contributed by atoms with Gasteiger partial charge >= 0.3 is 18.5 Å². The van der Waals surface area contributed by atoms with Crippen molar-refractivity contribution in [1.82, 2.24) is 35.2 Å². The standard InChI is InChI=1S/C45H55F2N7O14P2S.H3N/c1-2-3-4-5-6-7-8-9-10-11-22-61-30-18-14-29(15-19-30)44(56)64-31-16-12-28(13-17-31)25-71-70(60)63-24-33-38(35(46)43(66-33)54-27-51-37-40(48)49-26-50-41(37)54)67-69(58,59)62-23-32-39(68-70)36(47)42(65-32)53-21-20-34(55)52-45(53)57;/h12-21,26-27,32-33,35-36,38-39,42-43H,2-11,22-25H2,1H3,(H,58,59)(H2,48,49,50)(H,52,55,57);1H3/t32-,33-,35-,36-,38-,39-,42-,43-,70?;/m1./s1. The maximum atomic E-state index is 16.5. The number of unbranched alkanes of at least 4 members (excludes halogenated alkanes) is 9. The zero-order valence-corrected chi connectivity index (χ0v) is 42.1. The highest BCUT2D eigenvalue weighted by Gasteiger charge is 2.54. The number of benzene rings is 2. The summed E-state index contributed by atoms with van der Waals surface area (Å²) in [5.41, 5.74) is 4.99. The predicted octanol–water partition coefficient (Wildman–Crippen LogP) is 7.65. The van der Waals surface area contributed by atoms with Gasteiger partial charge in [-0.25, -0.2) is 37.9 Å². The average Bonchev–Trinajstić information content (AvgIpc) is 4.01. The molecule has 3 aromatic heterocycles. The summed E-state index contributed by atoms with van der Waals surface area (Å²) in [5.74, 6) is 0.0677. The molecule has 3 saturated heterocycles. The first-order chi connectivity index (χ1) is 34.2. The van der Waals surface area contributed by atoms with Crippen LogP contribution < -0.4 is 37.5 Å². The molecule has 10 atom stereocenters. The molecule has 0 spiro atoms. The van der Waals surface area contributed by atoms with Gasteiger partial charge in [0, 0.05) is 18.0 Å². The van der Waals surface area contributed by atoms with Gasteiger partial charge in [-0.2, -0.15) is 0 Å². The molecule has 27 heteroatoms. The Labute approximate surface area is 416 Å². The minimum Gasteiger partial charge on any atom is -0.756 e. The van der Waals surface area contributed by atoms with E-state index in [2.05, 4.69) is 21.9 Å². The number of nitrogen functional groups attached to an aromatic ring is 1. The van der Waals surface area contributed by atoms with Gasteiger partial charge in [0.15, 0.2) is 36.3 Å². The van der Waals surface area contributed by atoms with Crippen molar-refractivity contribution in [3.8, 4) is 11.5 Å². The van der Waals surface area contributed by atoms with Crippen molar-refractivity contribution in [2.75, 3.05) is 25.6 Å².